The molecule has 0 radical (unpaired) electrons. The Morgan fingerprint density at radius 2 is 1.52 bits per heavy atom. The van der Waals surface area contributed by atoms with Crippen LogP contribution in [0.4, 0.5) is 0 Å². The first-order valence-electron chi connectivity index (χ1n) is 7.61. The summed E-state index contributed by atoms with van der Waals surface area (Å²) in [5, 5.41) is 2.32. The summed E-state index contributed by atoms with van der Waals surface area (Å²) >= 11 is 0. The average molecular weight is 280 g/mol. The first-order valence-corrected chi connectivity index (χ1v) is 7.61. The number of ether oxygens (including phenoxy) is 2. The highest BCUT2D eigenvalue weighted by molar-refractivity contribution is 5.97. The second kappa shape index (κ2) is 4.52. The summed E-state index contributed by atoms with van der Waals surface area (Å²) in [4.78, 5) is 0. The van der Waals surface area contributed by atoms with E-state index in [1.807, 2.05) is 0 Å². The van der Waals surface area contributed by atoms with E-state index in [9.17, 15) is 0 Å². The Morgan fingerprint density at radius 1 is 0.905 bits per heavy atom. The van der Waals surface area contributed by atoms with Gasteiger partial charge in [-0.05, 0) is 19.8 Å². The van der Waals surface area contributed by atoms with E-state index in [0.29, 0.717) is 11.8 Å². The van der Waals surface area contributed by atoms with Gasteiger partial charge in [0.2, 0.25) is 0 Å². The maximum absolute atomic E-state index is 5.84. The van der Waals surface area contributed by atoms with Gasteiger partial charge >= 0.3 is 0 Å². The van der Waals surface area contributed by atoms with Crippen LogP contribution in [-0.2, 0) is 0 Å². The summed E-state index contributed by atoms with van der Waals surface area (Å²) < 4.78 is 11.7. The zero-order valence-corrected chi connectivity index (χ0v) is 12.8. The van der Waals surface area contributed by atoms with Crippen molar-refractivity contribution in [3.05, 3.63) is 47.0 Å². The molecule has 0 amide bonds. The Balaban J connectivity index is 2.17. The summed E-state index contributed by atoms with van der Waals surface area (Å²) in [5.74, 6) is 3.04. The van der Waals surface area contributed by atoms with Gasteiger partial charge in [-0.25, -0.2) is 0 Å². The van der Waals surface area contributed by atoms with Crippen LogP contribution < -0.4 is 9.47 Å². The molecule has 5 rings (SSSR count). The number of methoxy groups -OCH3 is 2. The molecular formula is C19H20O2. The molecule has 0 aliphatic heterocycles. The van der Waals surface area contributed by atoms with Crippen molar-refractivity contribution in [3.8, 4) is 11.5 Å². The monoisotopic (exact) mass is 280 g/mol. The molecule has 21 heavy (non-hydrogen) atoms. The molecular weight excluding hydrogens is 260 g/mol. The number of allylic oxidation sites excluding steroid dienone is 2. The summed E-state index contributed by atoms with van der Waals surface area (Å²) in [6, 6.07) is 8.41. The van der Waals surface area contributed by atoms with E-state index >= 15 is 0 Å². The fraction of sp³-hybridized carbons (Fsp3) is 0.368. The average Bonchev–Trinajstić information content (AvgIpc) is 2.52. The lowest BCUT2D eigenvalue weighted by Crippen LogP contribution is -2.22. The van der Waals surface area contributed by atoms with E-state index in [1.54, 1.807) is 14.2 Å². The second-order valence-corrected chi connectivity index (χ2v) is 6.09. The van der Waals surface area contributed by atoms with E-state index in [1.165, 1.54) is 29.5 Å². The van der Waals surface area contributed by atoms with Crippen molar-refractivity contribution in [1.29, 1.82) is 0 Å². The van der Waals surface area contributed by atoms with E-state index in [-0.39, 0.29) is 0 Å². The molecule has 2 aromatic carbocycles. The van der Waals surface area contributed by atoms with E-state index < -0.39 is 0 Å². The second-order valence-electron chi connectivity index (χ2n) is 6.09. The minimum atomic E-state index is 0.471. The SMILES string of the molecule is COc1c2c(c(OC)c3ccccc13)[C@H]1C=C(C)[C@H]2CC1. The minimum absolute atomic E-state index is 0.471. The maximum Gasteiger partial charge on any atom is 0.131 e. The fourth-order valence-corrected chi connectivity index (χ4v) is 4.26. The molecule has 0 aromatic heterocycles. The predicted octanol–water partition coefficient (Wildman–Crippen LogP) is 4.78. The smallest absolute Gasteiger partial charge is 0.131 e. The minimum Gasteiger partial charge on any atom is -0.496 e. The Hall–Kier alpha value is -1.96. The third-order valence-electron chi connectivity index (χ3n) is 5.10. The Labute approximate surface area is 125 Å². The maximum atomic E-state index is 5.84. The molecule has 0 heterocycles. The van der Waals surface area contributed by atoms with Crippen LogP contribution in [0.25, 0.3) is 10.8 Å². The molecule has 108 valence electrons. The number of fused-ring (bicyclic) bond motifs is 2. The van der Waals surface area contributed by atoms with Gasteiger partial charge in [0.05, 0.1) is 14.2 Å². The third-order valence-corrected chi connectivity index (χ3v) is 5.10. The highest BCUT2D eigenvalue weighted by atomic mass is 16.5. The molecule has 3 aliphatic rings. The number of rotatable bonds is 2. The molecule has 2 aromatic rings. The Kier molecular flexibility index (Phi) is 2.75. The van der Waals surface area contributed by atoms with E-state index in [0.717, 1.165) is 22.3 Å². The van der Waals surface area contributed by atoms with Gasteiger partial charge in [-0.15, -0.1) is 0 Å². The van der Waals surface area contributed by atoms with Gasteiger partial charge in [-0.1, -0.05) is 35.9 Å². The molecule has 2 nitrogen and oxygen atoms in total. The molecule has 0 saturated carbocycles. The van der Waals surface area contributed by atoms with Crippen LogP contribution >= 0.6 is 0 Å². The topological polar surface area (TPSA) is 18.5 Å². The highest BCUT2D eigenvalue weighted by Crippen LogP contribution is 2.57. The summed E-state index contributed by atoms with van der Waals surface area (Å²) in [5.41, 5.74) is 4.20. The van der Waals surface area contributed by atoms with Crippen molar-refractivity contribution < 1.29 is 9.47 Å². The lowest BCUT2D eigenvalue weighted by atomic mass is 9.67. The van der Waals surface area contributed by atoms with Gasteiger partial charge in [0.1, 0.15) is 11.5 Å². The van der Waals surface area contributed by atoms with Crippen LogP contribution in [0.5, 0.6) is 11.5 Å². The fourth-order valence-electron chi connectivity index (χ4n) is 4.26. The van der Waals surface area contributed by atoms with Gasteiger partial charge in [0, 0.05) is 33.7 Å². The molecule has 2 bridgehead atoms. The van der Waals surface area contributed by atoms with Crippen LogP contribution in [0.2, 0.25) is 0 Å². The molecule has 2 heteroatoms. The summed E-state index contributed by atoms with van der Waals surface area (Å²) in [6.07, 6.45) is 4.86. The third kappa shape index (κ3) is 1.59. The lowest BCUT2D eigenvalue weighted by Gasteiger charge is -2.39. The molecule has 3 aliphatic carbocycles. The normalized spacial score (nSPS) is 22.9. The van der Waals surface area contributed by atoms with Crippen molar-refractivity contribution in [2.75, 3.05) is 14.2 Å². The standard InChI is InChI=1S/C19H20O2/c1-11-10-12-8-9-13(11)17-16(12)18(20-2)14-6-4-5-7-15(14)19(17)21-3/h4-7,10,12-13H,8-9H2,1-3H3/t12-,13-/m1/s1. The summed E-state index contributed by atoms with van der Waals surface area (Å²) in [6.45, 7) is 2.25. The molecule has 2 atom stereocenters. The highest BCUT2D eigenvalue weighted by Gasteiger charge is 2.38. The van der Waals surface area contributed by atoms with Crippen molar-refractivity contribution >= 4 is 10.8 Å². The van der Waals surface area contributed by atoms with E-state index in [4.69, 9.17) is 9.47 Å². The number of benzene rings is 2. The first kappa shape index (κ1) is 12.8. The molecule has 0 fully saturated rings. The molecule has 0 spiro atoms. The van der Waals surface area contributed by atoms with Crippen molar-refractivity contribution in [3.63, 3.8) is 0 Å². The van der Waals surface area contributed by atoms with Gasteiger partial charge in [-0.2, -0.15) is 0 Å². The summed E-state index contributed by atoms with van der Waals surface area (Å²) in [7, 11) is 3.57. The quantitative estimate of drug-likeness (QED) is 0.737. The zero-order chi connectivity index (χ0) is 14.6. The van der Waals surface area contributed by atoms with Gasteiger partial charge in [0.25, 0.3) is 0 Å². The predicted molar refractivity (Wildman–Crippen MR) is 85.5 cm³/mol. The van der Waals surface area contributed by atoms with Crippen LogP contribution in [0, 0.1) is 0 Å². The lowest BCUT2D eigenvalue weighted by molar-refractivity contribution is 0.383. The van der Waals surface area contributed by atoms with Crippen LogP contribution in [-0.4, -0.2) is 14.2 Å². The van der Waals surface area contributed by atoms with Gasteiger partial charge in [0.15, 0.2) is 0 Å². The van der Waals surface area contributed by atoms with E-state index in [2.05, 4.69) is 37.3 Å². The van der Waals surface area contributed by atoms with Crippen molar-refractivity contribution in [1.82, 2.24) is 0 Å². The number of hydrogen-bond acceptors (Lipinski definition) is 2. The van der Waals surface area contributed by atoms with Crippen molar-refractivity contribution in [2.45, 2.75) is 31.6 Å². The zero-order valence-electron chi connectivity index (χ0n) is 12.8. The first-order chi connectivity index (χ1) is 10.3. The number of hydrogen-bond donors (Lipinski definition) is 0. The van der Waals surface area contributed by atoms with Gasteiger partial charge in [-0.3, -0.25) is 0 Å². The Bertz CT molecular complexity index is 758. The molecule has 0 saturated heterocycles. The molecule has 0 N–H and O–H groups in total. The Morgan fingerprint density at radius 3 is 2.10 bits per heavy atom. The molecule has 0 unspecified atom stereocenters. The largest absolute Gasteiger partial charge is 0.496 e. The van der Waals surface area contributed by atoms with Crippen LogP contribution in [0.1, 0.15) is 42.7 Å². The van der Waals surface area contributed by atoms with Crippen LogP contribution in [0.3, 0.4) is 0 Å². The van der Waals surface area contributed by atoms with Crippen molar-refractivity contribution in [2.24, 2.45) is 0 Å². The van der Waals surface area contributed by atoms with Gasteiger partial charge < -0.3 is 9.47 Å². The van der Waals surface area contributed by atoms with Crippen LogP contribution in [0.15, 0.2) is 35.9 Å².